The van der Waals surface area contributed by atoms with Crippen molar-refractivity contribution in [1.82, 2.24) is 0 Å². The molecule has 0 aliphatic carbocycles. The summed E-state index contributed by atoms with van der Waals surface area (Å²) in [6, 6.07) is 7.74. The van der Waals surface area contributed by atoms with Crippen LogP contribution in [0.4, 0.5) is 0 Å². The summed E-state index contributed by atoms with van der Waals surface area (Å²) in [5, 5.41) is 82.0. The van der Waals surface area contributed by atoms with Crippen LogP contribution in [0.1, 0.15) is 6.92 Å². The molecule has 2 aromatic carbocycles. The molecule has 2 fully saturated rings. The average Bonchev–Trinajstić information content (AvgIpc) is 2.97. The van der Waals surface area contributed by atoms with Gasteiger partial charge in [0.15, 0.2) is 29.3 Å². The van der Waals surface area contributed by atoms with Crippen molar-refractivity contribution in [3.63, 3.8) is 0 Å². The summed E-state index contributed by atoms with van der Waals surface area (Å²) < 4.78 is 33.6. The number of aliphatic hydroxyl groups is 6. The summed E-state index contributed by atoms with van der Waals surface area (Å²) in [6.07, 6.45) is -15.4. The lowest BCUT2D eigenvalue weighted by Gasteiger charge is -2.45. The van der Waals surface area contributed by atoms with Crippen molar-refractivity contribution < 1.29 is 69.0 Å². The Balaban J connectivity index is 1.49. The minimum Gasteiger partial charge on any atom is -0.507 e. The van der Waals surface area contributed by atoms with Gasteiger partial charge in [-0.15, -0.1) is 0 Å². The Morgan fingerprint density at radius 1 is 0.837 bits per heavy atom. The Kier molecular flexibility index (Phi) is 8.80. The number of hydrogen-bond acceptors (Lipinski definition) is 15. The van der Waals surface area contributed by atoms with Gasteiger partial charge in [-0.25, -0.2) is 0 Å². The van der Waals surface area contributed by atoms with Crippen molar-refractivity contribution in [1.29, 1.82) is 0 Å². The second kappa shape index (κ2) is 12.2. The highest BCUT2D eigenvalue weighted by molar-refractivity contribution is 5.86. The summed E-state index contributed by atoms with van der Waals surface area (Å²) in [5.74, 6) is -0.614. The Labute approximate surface area is 243 Å². The summed E-state index contributed by atoms with van der Waals surface area (Å²) in [5.41, 5.74) is -0.340. The fraction of sp³-hybridized carbons (Fsp3) is 0.464. The summed E-state index contributed by atoms with van der Waals surface area (Å²) in [6.45, 7) is 0.690. The molecular weight excluding hydrogens is 576 g/mol. The molecule has 0 unspecified atom stereocenters. The van der Waals surface area contributed by atoms with Crippen LogP contribution in [0.15, 0.2) is 45.6 Å². The van der Waals surface area contributed by atoms with Gasteiger partial charge in [0.25, 0.3) is 0 Å². The molecule has 0 saturated carbocycles. The molecule has 3 aromatic rings. The highest BCUT2D eigenvalue weighted by atomic mass is 16.8. The second-order valence-corrected chi connectivity index (χ2v) is 10.3. The maximum atomic E-state index is 12.9. The molecule has 0 spiro atoms. The predicted molar refractivity (Wildman–Crippen MR) is 143 cm³/mol. The van der Waals surface area contributed by atoms with Crippen LogP contribution in [0.2, 0.25) is 0 Å². The lowest BCUT2D eigenvalue weighted by Crippen LogP contribution is -2.64. The first kappa shape index (κ1) is 30.9. The first-order valence-corrected chi connectivity index (χ1v) is 13.3. The largest absolute Gasteiger partial charge is 0.507 e. The number of hydrogen-bond donors (Lipinski definition) is 8. The highest BCUT2D eigenvalue weighted by Crippen LogP contribution is 2.36. The molecule has 15 nitrogen and oxygen atoms in total. The third-order valence-electron chi connectivity index (χ3n) is 7.42. The smallest absolute Gasteiger partial charge is 0.229 e. The number of methoxy groups -OCH3 is 1. The molecule has 43 heavy (non-hydrogen) atoms. The van der Waals surface area contributed by atoms with E-state index < -0.39 is 79.2 Å². The van der Waals surface area contributed by atoms with E-state index in [4.69, 9.17) is 28.1 Å². The predicted octanol–water partition coefficient (Wildman–Crippen LogP) is -1.09. The second-order valence-electron chi connectivity index (χ2n) is 10.3. The minimum absolute atomic E-state index is 0.0691. The van der Waals surface area contributed by atoms with E-state index in [1.165, 1.54) is 38.3 Å². The summed E-state index contributed by atoms with van der Waals surface area (Å²) in [7, 11) is 1.35. The quantitative estimate of drug-likeness (QED) is 0.159. The van der Waals surface area contributed by atoms with Gasteiger partial charge in [0.2, 0.25) is 6.29 Å². The zero-order valence-corrected chi connectivity index (χ0v) is 22.9. The maximum absolute atomic E-state index is 12.9. The number of fused-ring (bicyclic) bond motifs is 1. The van der Waals surface area contributed by atoms with Gasteiger partial charge < -0.3 is 69.0 Å². The molecule has 0 amide bonds. The van der Waals surface area contributed by atoms with Crippen LogP contribution in [-0.4, -0.2) is 116 Å². The van der Waals surface area contributed by atoms with Crippen LogP contribution in [0.5, 0.6) is 23.0 Å². The molecule has 5 rings (SSSR count). The van der Waals surface area contributed by atoms with Crippen molar-refractivity contribution >= 4 is 11.0 Å². The van der Waals surface area contributed by atoms with Gasteiger partial charge in [-0.05, 0) is 25.1 Å². The van der Waals surface area contributed by atoms with E-state index in [2.05, 4.69) is 0 Å². The number of rotatable bonds is 7. The normalized spacial score (nSPS) is 32.9. The molecule has 2 saturated heterocycles. The highest BCUT2D eigenvalue weighted by Gasteiger charge is 2.50. The van der Waals surface area contributed by atoms with E-state index in [9.17, 15) is 45.6 Å². The summed E-state index contributed by atoms with van der Waals surface area (Å²) >= 11 is 0. The molecule has 0 bridgehead atoms. The van der Waals surface area contributed by atoms with Crippen LogP contribution in [0.25, 0.3) is 22.3 Å². The van der Waals surface area contributed by atoms with E-state index in [1.54, 1.807) is 0 Å². The number of aromatic hydroxyl groups is 2. The van der Waals surface area contributed by atoms with E-state index >= 15 is 0 Å². The van der Waals surface area contributed by atoms with E-state index in [1.807, 2.05) is 0 Å². The van der Waals surface area contributed by atoms with Gasteiger partial charge in [-0.2, -0.15) is 0 Å². The Bertz CT molecular complexity index is 1510. The molecule has 1 aromatic heterocycles. The fourth-order valence-corrected chi connectivity index (χ4v) is 5.00. The van der Waals surface area contributed by atoms with Crippen LogP contribution in [0.3, 0.4) is 0 Å². The van der Waals surface area contributed by atoms with Gasteiger partial charge in [0.1, 0.15) is 64.9 Å². The Hall–Kier alpha value is -3.51. The first-order chi connectivity index (χ1) is 20.4. The van der Waals surface area contributed by atoms with Gasteiger partial charge in [0.05, 0.1) is 19.8 Å². The molecular formula is C28H32O15. The molecule has 3 heterocycles. The molecule has 15 heteroatoms. The monoisotopic (exact) mass is 608 g/mol. The van der Waals surface area contributed by atoms with Crippen molar-refractivity contribution in [3.8, 4) is 34.3 Å². The fourth-order valence-electron chi connectivity index (χ4n) is 5.00. The SMILES string of the molecule is COc1cc(-c2cc(=O)c3c(O)cc(O[C@@H]4O[C@H](CO)[C@@H](O)[C@H](O)[C@@H]4O[C@@H]4O[C@H](C)[C@H](O)[C@@H](O)[C@H]4O)cc3o2)ccc1O. The molecule has 8 N–H and O–H groups in total. The minimum atomic E-state index is -1.77. The van der Waals surface area contributed by atoms with Crippen LogP contribution >= 0.6 is 0 Å². The topological polar surface area (TPSA) is 238 Å². The van der Waals surface area contributed by atoms with Gasteiger partial charge in [-0.1, -0.05) is 0 Å². The zero-order chi connectivity index (χ0) is 31.2. The van der Waals surface area contributed by atoms with Gasteiger partial charge in [0, 0.05) is 23.8 Å². The zero-order valence-electron chi connectivity index (χ0n) is 22.9. The van der Waals surface area contributed by atoms with Crippen molar-refractivity contribution in [2.75, 3.05) is 13.7 Å². The number of phenols is 2. The standard InChI is InChI=1S/C28H32O15/c1-10-21(33)23(35)25(37)27(39-10)43-26-24(36)22(34)19(9-29)42-28(26)40-12-6-14(31)20-15(32)8-16(41-18(20)7-12)11-3-4-13(30)17(5-11)38-2/h3-8,10,19,21-31,33-37H,9H2,1-2H3/t10-,19-,21+,22-,23-,24+,25-,26+,27+,28-/m1/s1. The Morgan fingerprint density at radius 3 is 2.28 bits per heavy atom. The number of ether oxygens (including phenoxy) is 5. The third-order valence-corrected chi connectivity index (χ3v) is 7.42. The van der Waals surface area contributed by atoms with Crippen molar-refractivity contribution in [3.05, 3.63) is 46.6 Å². The van der Waals surface area contributed by atoms with Crippen molar-refractivity contribution in [2.24, 2.45) is 0 Å². The number of phenolic OH excluding ortho intramolecular Hbond substituents is 2. The van der Waals surface area contributed by atoms with Crippen LogP contribution < -0.4 is 14.9 Å². The molecule has 10 atom stereocenters. The average molecular weight is 609 g/mol. The van der Waals surface area contributed by atoms with E-state index in [0.29, 0.717) is 5.56 Å². The van der Waals surface area contributed by atoms with E-state index in [-0.39, 0.29) is 34.0 Å². The maximum Gasteiger partial charge on any atom is 0.229 e. The van der Waals surface area contributed by atoms with Gasteiger partial charge in [-0.3, -0.25) is 4.79 Å². The molecule has 234 valence electrons. The lowest BCUT2D eigenvalue weighted by molar-refractivity contribution is -0.354. The molecule has 2 aliphatic rings. The van der Waals surface area contributed by atoms with Gasteiger partial charge >= 0.3 is 0 Å². The van der Waals surface area contributed by atoms with Crippen LogP contribution in [0, 0.1) is 0 Å². The third kappa shape index (κ3) is 5.86. The first-order valence-electron chi connectivity index (χ1n) is 13.3. The molecule has 2 aliphatic heterocycles. The molecule has 0 radical (unpaired) electrons. The van der Waals surface area contributed by atoms with Crippen LogP contribution in [-0.2, 0) is 14.2 Å². The van der Waals surface area contributed by atoms with Crippen molar-refractivity contribution in [2.45, 2.75) is 68.3 Å². The number of benzene rings is 2. The van der Waals surface area contributed by atoms with E-state index in [0.717, 1.165) is 12.1 Å². The lowest BCUT2D eigenvalue weighted by atomic mass is 9.97. The Morgan fingerprint density at radius 2 is 1.58 bits per heavy atom. The summed E-state index contributed by atoms with van der Waals surface area (Å²) in [4.78, 5) is 12.9. The number of aliphatic hydroxyl groups excluding tert-OH is 6.